The van der Waals surface area contributed by atoms with Crippen LogP contribution >= 0.6 is 0 Å². The lowest BCUT2D eigenvalue weighted by molar-refractivity contribution is -0.0178. The molecule has 29 heavy (non-hydrogen) atoms. The molecule has 3 aromatic carbocycles. The topological polar surface area (TPSA) is 23.5 Å². The van der Waals surface area contributed by atoms with Crippen LogP contribution in [0.2, 0.25) is 0 Å². The number of hydrogen-bond acceptors (Lipinski definition) is 2. The van der Waals surface area contributed by atoms with Crippen molar-refractivity contribution < 1.29 is 5.11 Å². The van der Waals surface area contributed by atoms with Gasteiger partial charge >= 0.3 is 0 Å². The van der Waals surface area contributed by atoms with E-state index in [1.807, 2.05) is 36.4 Å². The van der Waals surface area contributed by atoms with Gasteiger partial charge < -0.3 is 5.11 Å². The van der Waals surface area contributed by atoms with Gasteiger partial charge in [-0.1, -0.05) is 97.4 Å². The lowest BCUT2D eigenvalue weighted by Crippen LogP contribution is -2.50. The summed E-state index contributed by atoms with van der Waals surface area (Å²) in [7, 11) is 0. The first-order valence-corrected chi connectivity index (χ1v) is 10.9. The molecule has 0 radical (unpaired) electrons. The van der Waals surface area contributed by atoms with Crippen molar-refractivity contribution in [2.45, 2.75) is 49.9 Å². The number of fused-ring (bicyclic) bond motifs is 1. The van der Waals surface area contributed by atoms with E-state index in [1.54, 1.807) is 0 Å². The van der Waals surface area contributed by atoms with Gasteiger partial charge in [-0.25, -0.2) is 0 Å². The Morgan fingerprint density at radius 3 is 1.90 bits per heavy atom. The molecular weight excluding hydrogens is 354 g/mol. The summed E-state index contributed by atoms with van der Waals surface area (Å²) < 4.78 is 0. The molecule has 2 aliphatic rings. The Morgan fingerprint density at radius 1 is 0.759 bits per heavy atom. The first kappa shape index (κ1) is 18.6. The average Bonchev–Trinajstić information content (AvgIpc) is 3.38. The van der Waals surface area contributed by atoms with Gasteiger partial charge in [-0.05, 0) is 41.9 Å². The molecule has 1 saturated carbocycles. The summed E-state index contributed by atoms with van der Waals surface area (Å²) in [4.78, 5) is 2.62. The van der Waals surface area contributed by atoms with Gasteiger partial charge in [-0.15, -0.1) is 0 Å². The predicted octanol–water partition coefficient (Wildman–Crippen LogP) is 5.37. The van der Waals surface area contributed by atoms with Crippen LogP contribution in [0.1, 0.15) is 42.4 Å². The smallest absolute Gasteiger partial charge is 0.130 e. The highest BCUT2D eigenvalue weighted by atomic mass is 16.3. The second-order valence-corrected chi connectivity index (χ2v) is 8.67. The largest absolute Gasteiger partial charge is 0.379 e. The van der Waals surface area contributed by atoms with Gasteiger partial charge in [-0.2, -0.15) is 0 Å². The van der Waals surface area contributed by atoms with E-state index in [1.165, 1.54) is 24.8 Å². The van der Waals surface area contributed by atoms with E-state index in [-0.39, 0.29) is 6.04 Å². The molecule has 1 heterocycles. The predicted molar refractivity (Wildman–Crippen MR) is 117 cm³/mol. The normalized spacial score (nSPS) is 24.5. The quantitative estimate of drug-likeness (QED) is 0.641. The monoisotopic (exact) mass is 383 g/mol. The van der Waals surface area contributed by atoms with Gasteiger partial charge in [0, 0.05) is 18.6 Å². The molecule has 1 N–H and O–H groups in total. The zero-order valence-electron chi connectivity index (χ0n) is 16.8. The second-order valence-electron chi connectivity index (χ2n) is 8.67. The summed E-state index contributed by atoms with van der Waals surface area (Å²) in [5.41, 5.74) is 2.30. The summed E-state index contributed by atoms with van der Waals surface area (Å²) in [6.45, 7) is 0.897. The fraction of sp³-hybridized carbons (Fsp3) is 0.333. The van der Waals surface area contributed by atoms with Gasteiger partial charge in [0.1, 0.15) is 5.60 Å². The molecule has 148 valence electrons. The maximum absolute atomic E-state index is 12.4. The van der Waals surface area contributed by atoms with E-state index >= 15 is 0 Å². The van der Waals surface area contributed by atoms with E-state index in [0.717, 1.165) is 24.1 Å². The molecule has 0 unspecified atom stereocenters. The number of benzene rings is 3. The second kappa shape index (κ2) is 7.78. The molecule has 0 aromatic heterocycles. The summed E-state index contributed by atoms with van der Waals surface area (Å²) in [5, 5.41) is 12.4. The molecule has 0 spiro atoms. The van der Waals surface area contributed by atoms with Crippen LogP contribution in [0.15, 0.2) is 91.0 Å². The Labute approximate surface area is 173 Å². The zero-order valence-corrected chi connectivity index (χ0v) is 16.8. The van der Waals surface area contributed by atoms with Gasteiger partial charge in [0.15, 0.2) is 0 Å². The van der Waals surface area contributed by atoms with Gasteiger partial charge in [0.2, 0.25) is 0 Å². The van der Waals surface area contributed by atoms with Gasteiger partial charge in [-0.3, -0.25) is 4.90 Å². The molecule has 2 heteroatoms. The first-order valence-electron chi connectivity index (χ1n) is 10.9. The Kier molecular flexibility index (Phi) is 4.99. The van der Waals surface area contributed by atoms with Gasteiger partial charge in [0.05, 0.1) is 0 Å². The minimum Gasteiger partial charge on any atom is -0.379 e. The molecule has 2 nitrogen and oxygen atoms in total. The molecule has 3 atom stereocenters. The van der Waals surface area contributed by atoms with Crippen LogP contribution < -0.4 is 0 Å². The maximum Gasteiger partial charge on any atom is 0.130 e. The van der Waals surface area contributed by atoms with Crippen molar-refractivity contribution in [1.29, 1.82) is 0 Å². The molecule has 0 amide bonds. The van der Waals surface area contributed by atoms with Crippen molar-refractivity contribution in [3.05, 3.63) is 108 Å². The average molecular weight is 384 g/mol. The third-order valence-corrected chi connectivity index (χ3v) is 7.09. The molecule has 0 bridgehead atoms. The van der Waals surface area contributed by atoms with Crippen molar-refractivity contribution in [2.75, 3.05) is 0 Å². The van der Waals surface area contributed by atoms with Crippen molar-refractivity contribution in [1.82, 2.24) is 4.90 Å². The zero-order chi connectivity index (χ0) is 19.7. The SMILES string of the molecule is OC(c1ccccc1)(c1ccccc1)[C@H]1C[C@H]2CCC[C@H]2N1Cc1ccccc1. The Hall–Kier alpha value is -2.42. The minimum atomic E-state index is -1.01. The molecule has 1 saturated heterocycles. The lowest BCUT2D eigenvalue weighted by Gasteiger charge is -2.42. The third kappa shape index (κ3) is 3.31. The number of likely N-dealkylation sites (tertiary alicyclic amines) is 1. The summed E-state index contributed by atoms with van der Waals surface area (Å²) in [6.07, 6.45) is 4.89. The minimum absolute atomic E-state index is 0.0720. The van der Waals surface area contributed by atoms with Crippen molar-refractivity contribution in [2.24, 2.45) is 5.92 Å². The van der Waals surface area contributed by atoms with Crippen LogP contribution in [-0.4, -0.2) is 22.1 Å². The van der Waals surface area contributed by atoms with E-state index in [9.17, 15) is 5.11 Å². The fourth-order valence-electron chi connectivity index (χ4n) is 5.75. The highest BCUT2D eigenvalue weighted by molar-refractivity contribution is 5.39. The number of aliphatic hydroxyl groups is 1. The Bertz CT molecular complexity index is 885. The van der Waals surface area contributed by atoms with E-state index in [4.69, 9.17) is 0 Å². The molecule has 2 fully saturated rings. The van der Waals surface area contributed by atoms with Crippen molar-refractivity contribution >= 4 is 0 Å². The van der Waals surface area contributed by atoms with Crippen LogP contribution in [-0.2, 0) is 12.1 Å². The Balaban J connectivity index is 1.60. The van der Waals surface area contributed by atoms with Gasteiger partial charge in [0.25, 0.3) is 0 Å². The summed E-state index contributed by atoms with van der Waals surface area (Å²) >= 11 is 0. The molecule has 1 aliphatic heterocycles. The standard InChI is InChI=1S/C27H29NO/c29-27(23-14-6-2-7-15-23,24-16-8-3-9-17-24)26-19-22-13-10-18-25(22)28(26)20-21-11-4-1-5-12-21/h1-9,11-12,14-17,22,25-26,29H,10,13,18-20H2/t22-,25-,26-/m1/s1. The molecule has 5 rings (SSSR count). The van der Waals surface area contributed by atoms with Crippen LogP contribution in [0.25, 0.3) is 0 Å². The van der Waals surface area contributed by atoms with Crippen molar-refractivity contribution in [3.8, 4) is 0 Å². The van der Waals surface area contributed by atoms with Crippen LogP contribution in [0, 0.1) is 5.92 Å². The number of hydrogen-bond donors (Lipinski definition) is 1. The highest BCUT2D eigenvalue weighted by Gasteiger charge is 2.53. The summed E-state index contributed by atoms with van der Waals surface area (Å²) in [5.74, 6) is 0.683. The highest BCUT2D eigenvalue weighted by Crippen LogP contribution is 2.49. The number of nitrogens with zero attached hydrogens (tertiary/aromatic N) is 1. The van der Waals surface area contributed by atoms with E-state index < -0.39 is 5.60 Å². The van der Waals surface area contributed by atoms with Crippen LogP contribution in [0.5, 0.6) is 0 Å². The maximum atomic E-state index is 12.4. The Morgan fingerprint density at radius 2 is 1.31 bits per heavy atom. The summed E-state index contributed by atoms with van der Waals surface area (Å²) in [6, 6.07) is 31.9. The van der Waals surface area contributed by atoms with E-state index in [2.05, 4.69) is 59.5 Å². The van der Waals surface area contributed by atoms with Crippen LogP contribution in [0.4, 0.5) is 0 Å². The lowest BCUT2D eigenvalue weighted by atomic mass is 9.78. The fourth-order valence-corrected chi connectivity index (χ4v) is 5.75. The van der Waals surface area contributed by atoms with Crippen molar-refractivity contribution in [3.63, 3.8) is 0 Å². The van der Waals surface area contributed by atoms with E-state index in [0.29, 0.717) is 12.0 Å². The first-order chi connectivity index (χ1) is 14.3. The van der Waals surface area contributed by atoms with Crippen LogP contribution in [0.3, 0.4) is 0 Å². The number of rotatable bonds is 5. The molecule has 1 aliphatic carbocycles. The third-order valence-electron chi connectivity index (χ3n) is 7.09. The molecule has 3 aromatic rings. The molecular formula is C27H29NO.